The van der Waals surface area contributed by atoms with Gasteiger partial charge in [-0.15, -0.1) is 0 Å². The van der Waals surface area contributed by atoms with Crippen molar-refractivity contribution < 1.29 is 9.53 Å². The highest BCUT2D eigenvalue weighted by atomic mass is 79.9. The highest BCUT2D eigenvalue weighted by molar-refractivity contribution is 9.10. The van der Waals surface area contributed by atoms with E-state index < -0.39 is 0 Å². The van der Waals surface area contributed by atoms with Gasteiger partial charge in [0.05, 0.1) is 17.6 Å². The lowest BCUT2D eigenvalue weighted by Gasteiger charge is -2.31. The Balaban J connectivity index is 1.61. The fourth-order valence-corrected chi connectivity index (χ4v) is 3.95. The van der Waals surface area contributed by atoms with Gasteiger partial charge in [-0.25, -0.2) is 0 Å². The second-order valence-electron chi connectivity index (χ2n) is 5.73. The smallest absolute Gasteiger partial charge is 0.223 e. The van der Waals surface area contributed by atoms with Gasteiger partial charge in [0.1, 0.15) is 5.75 Å². The molecule has 1 fully saturated rings. The zero-order chi connectivity index (χ0) is 14.8. The predicted molar refractivity (Wildman–Crippen MR) is 86.4 cm³/mol. The van der Waals surface area contributed by atoms with E-state index in [1.54, 1.807) is 7.11 Å². The zero-order valence-electron chi connectivity index (χ0n) is 12.2. The molecule has 4 heteroatoms. The summed E-state index contributed by atoms with van der Waals surface area (Å²) in [5.41, 5.74) is 1.16. The van der Waals surface area contributed by atoms with E-state index in [4.69, 9.17) is 4.74 Å². The Morgan fingerprint density at radius 1 is 1.43 bits per heavy atom. The molecule has 0 N–H and O–H groups in total. The van der Waals surface area contributed by atoms with E-state index in [1.807, 2.05) is 18.2 Å². The summed E-state index contributed by atoms with van der Waals surface area (Å²) >= 11 is 3.49. The number of benzene rings is 1. The summed E-state index contributed by atoms with van der Waals surface area (Å²) in [6.07, 6.45) is 9.09. The van der Waals surface area contributed by atoms with Crippen molar-refractivity contribution in [1.82, 2.24) is 4.90 Å². The second-order valence-corrected chi connectivity index (χ2v) is 6.59. The van der Waals surface area contributed by atoms with Crippen LogP contribution in [0.2, 0.25) is 0 Å². The van der Waals surface area contributed by atoms with Crippen molar-refractivity contribution >= 4 is 21.8 Å². The van der Waals surface area contributed by atoms with Crippen molar-refractivity contribution in [2.75, 3.05) is 7.11 Å². The lowest BCUT2D eigenvalue weighted by molar-refractivity contribution is -0.133. The van der Waals surface area contributed by atoms with Crippen LogP contribution in [-0.4, -0.2) is 30.0 Å². The molecular weight excluding hydrogens is 330 g/mol. The normalized spacial score (nSPS) is 23.4. The summed E-state index contributed by atoms with van der Waals surface area (Å²) in [5, 5.41) is 0. The number of halogens is 1. The molecule has 0 aliphatic carbocycles. The van der Waals surface area contributed by atoms with Gasteiger partial charge in [-0.05, 0) is 59.3 Å². The lowest BCUT2D eigenvalue weighted by Crippen LogP contribution is -2.42. The van der Waals surface area contributed by atoms with Crippen molar-refractivity contribution in [3.8, 4) is 5.75 Å². The molecule has 0 saturated carbocycles. The van der Waals surface area contributed by atoms with Gasteiger partial charge >= 0.3 is 0 Å². The average Bonchev–Trinajstić information content (AvgIpc) is 2.74. The van der Waals surface area contributed by atoms with E-state index in [0.29, 0.717) is 24.4 Å². The first-order chi connectivity index (χ1) is 10.2. The number of hydrogen-bond donors (Lipinski definition) is 0. The first-order valence-electron chi connectivity index (χ1n) is 7.49. The average molecular weight is 350 g/mol. The molecule has 0 unspecified atom stereocenters. The van der Waals surface area contributed by atoms with Crippen LogP contribution in [-0.2, 0) is 11.2 Å². The molecule has 21 heavy (non-hydrogen) atoms. The molecule has 2 heterocycles. The Hall–Kier alpha value is -1.29. The van der Waals surface area contributed by atoms with Crippen molar-refractivity contribution in [2.24, 2.45) is 0 Å². The number of carbonyl (C=O) groups excluding carboxylic acids is 1. The standard InChI is InChI=1S/C17H20BrNO2/c1-21-16-9-5-12(11-15(16)18)6-10-17(20)19-13-3-2-4-14(19)8-7-13/h2-3,5,9,11,13-14H,4,6-8,10H2,1H3/t13-,14-/m0/s1. The van der Waals surface area contributed by atoms with Gasteiger partial charge in [0.15, 0.2) is 0 Å². The van der Waals surface area contributed by atoms with E-state index in [1.165, 1.54) is 0 Å². The fraction of sp³-hybridized carbons (Fsp3) is 0.471. The Morgan fingerprint density at radius 2 is 2.29 bits per heavy atom. The van der Waals surface area contributed by atoms with Gasteiger partial charge in [-0.1, -0.05) is 18.2 Å². The topological polar surface area (TPSA) is 29.5 Å². The number of hydrogen-bond acceptors (Lipinski definition) is 2. The number of nitrogens with zero attached hydrogens (tertiary/aromatic N) is 1. The maximum atomic E-state index is 12.5. The second kappa shape index (κ2) is 6.22. The van der Waals surface area contributed by atoms with Crippen LogP contribution in [0.1, 0.15) is 31.2 Å². The molecule has 1 saturated heterocycles. The van der Waals surface area contributed by atoms with Crippen LogP contribution in [0.5, 0.6) is 5.75 Å². The largest absolute Gasteiger partial charge is 0.496 e. The number of ether oxygens (including phenoxy) is 1. The van der Waals surface area contributed by atoms with E-state index in [2.05, 4.69) is 33.0 Å². The first kappa shape index (κ1) is 14.6. The number of amides is 1. The molecule has 3 rings (SSSR count). The van der Waals surface area contributed by atoms with E-state index in [-0.39, 0.29) is 0 Å². The van der Waals surface area contributed by atoms with Crippen LogP contribution in [0.4, 0.5) is 0 Å². The molecule has 2 atom stereocenters. The zero-order valence-corrected chi connectivity index (χ0v) is 13.8. The van der Waals surface area contributed by atoms with Crippen molar-refractivity contribution in [2.45, 2.75) is 44.2 Å². The maximum absolute atomic E-state index is 12.5. The molecule has 0 radical (unpaired) electrons. The summed E-state index contributed by atoms with van der Waals surface area (Å²) in [4.78, 5) is 14.6. The third-order valence-corrected chi connectivity index (χ3v) is 5.06. The maximum Gasteiger partial charge on any atom is 0.223 e. The summed E-state index contributed by atoms with van der Waals surface area (Å²) in [5.74, 6) is 1.11. The van der Waals surface area contributed by atoms with Crippen LogP contribution in [0.25, 0.3) is 0 Å². The van der Waals surface area contributed by atoms with E-state index in [0.717, 1.165) is 41.5 Å². The minimum atomic E-state index is 0.291. The van der Waals surface area contributed by atoms with E-state index >= 15 is 0 Å². The van der Waals surface area contributed by atoms with Crippen LogP contribution < -0.4 is 4.74 Å². The third kappa shape index (κ3) is 3.00. The summed E-state index contributed by atoms with van der Waals surface area (Å²) < 4.78 is 6.17. The molecule has 2 aliphatic rings. The lowest BCUT2D eigenvalue weighted by atomic mass is 10.1. The van der Waals surface area contributed by atoms with E-state index in [9.17, 15) is 4.79 Å². The van der Waals surface area contributed by atoms with Crippen LogP contribution in [0.3, 0.4) is 0 Å². The molecule has 112 valence electrons. The molecule has 0 aromatic heterocycles. The number of carbonyl (C=O) groups is 1. The highest BCUT2D eigenvalue weighted by Crippen LogP contribution is 2.32. The molecule has 2 aliphatic heterocycles. The number of methoxy groups -OCH3 is 1. The Labute approximate surface area is 134 Å². The molecule has 2 bridgehead atoms. The molecule has 0 spiro atoms. The van der Waals surface area contributed by atoms with Crippen LogP contribution in [0.15, 0.2) is 34.8 Å². The van der Waals surface area contributed by atoms with Crippen molar-refractivity contribution in [1.29, 1.82) is 0 Å². The molecule has 1 aromatic carbocycles. The van der Waals surface area contributed by atoms with Gasteiger partial charge < -0.3 is 9.64 Å². The van der Waals surface area contributed by atoms with Gasteiger partial charge in [0.25, 0.3) is 0 Å². The molecule has 1 amide bonds. The Morgan fingerprint density at radius 3 is 3.00 bits per heavy atom. The molecule has 1 aromatic rings. The Kier molecular flexibility index (Phi) is 4.34. The Bertz CT molecular complexity index is 570. The van der Waals surface area contributed by atoms with Crippen LogP contribution >= 0.6 is 15.9 Å². The summed E-state index contributed by atoms with van der Waals surface area (Å²) in [7, 11) is 1.66. The minimum absolute atomic E-state index is 0.291. The number of rotatable bonds is 4. The van der Waals surface area contributed by atoms with Gasteiger partial charge in [0.2, 0.25) is 5.91 Å². The predicted octanol–water partition coefficient (Wildman–Crippen LogP) is 3.71. The minimum Gasteiger partial charge on any atom is -0.496 e. The summed E-state index contributed by atoms with van der Waals surface area (Å²) in [6, 6.07) is 6.80. The fourth-order valence-electron chi connectivity index (χ4n) is 3.36. The van der Waals surface area contributed by atoms with Gasteiger partial charge in [-0.3, -0.25) is 4.79 Å². The van der Waals surface area contributed by atoms with Crippen molar-refractivity contribution in [3.05, 3.63) is 40.4 Å². The van der Waals surface area contributed by atoms with Gasteiger partial charge in [-0.2, -0.15) is 0 Å². The highest BCUT2D eigenvalue weighted by Gasteiger charge is 2.36. The summed E-state index contributed by atoms with van der Waals surface area (Å²) in [6.45, 7) is 0. The molecular formula is C17H20BrNO2. The third-order valence-electron chi connectivity index (χ3n) is 4.44. The monoisotopic (exact) mass is 349 g/mol. The molecule has 3 nitrogen and oxygen atoms in total. The van der Waals surface area contributed by atoms with Gasteiger partial charge in [0, 0.05) is 12.5 Å². The van der Waals surface area contributed by atoms with Crippen LogP contribution in [0, 0.1) is 0 Å². The number of fused-ring (bicyclic) bond motifs is 2. The SMILES string of the molecule is COc1ccc(CCC(=O)N2[C@H]3CC=C[C@H]2CC3)cc1Br. The van der Waals surface area contributed by atoms with Crippen molar-refractivity contribution in [3.63, 3.8) is 0 Å². The quantitative estimate of drug-likeness (QED) is 0.775. The number of aryl methyl sites for hydroxylation is 1. The first-order valence-corrected chi connectivity index (χ1v) is 8.28.